The lowest BCUT2D eigenvalue weighted by Gasteiger charge is -2.05. The third-order valence-corrected chi connectivity index (χ3v) is 1.40. The molecular formula is C5H11N3O2S. The first-order chi connectivity index (χ1) is 5.02. The third kappa shape index (κ3) is 6.98. The highest BCUT2D eigenvalue weighted by atomic mass is 32.2. The molecular weight excluding hydrogens is 166 g/mol. The number of hydrogen-bond acceptors (Lipinski definition) is 3. The number of imide groups is 1. The zero-order chi connectivity index (χ0) is 8.85. The van der Waals surface area contributed by atoms with Gasteiger partial charge in [-0.3, -0.25) is 10.0 Å². The Morgan fingerprint density at radius 3 is 2.36 bits per heavy atom. The average molecular weight is 177 g/mol. The first-order valence-electron chi connectivity index (χ1n) is 3.04. The molecule has 11 heavy (non-hydrogen) atoms. The minimum Gasteiger partial charge on any atom is -0.351 e. The molecule has 0 aliphatic carbocycles. The number of carbonyl (C=O) groups excluding carboxylic acids is 2. The molecule has 0 unspecified atom stereocenters. The molecule has 0 rings (SSSR count). The van der Waals surface area contributed by atoms with Crippen molar-refractivity contribution in [1.82, 2.24) is 10.0 Å². The summed E-state index contributed by atoms with van der Waals surface area (Å²) in [6.07, 6.45) is 0. The van der Waals surface area contributed by atoms with Crippen LogP contribution in [0.1, 0.15) is 13.8 Å². The van der Waals surface area contributed by atoms with Gasteiger partial charge in [0, 0.05) is 5.25 Å². The van der Waals surface area contributed by atoms with Crippen LogP contribution >= 0.6 is 11.9 Å². The van der Waals surface area contributed by atoms with E-state index in [4.69, 9.17) is 0 Å². The van der Waals surface area contributed by atoms with Crippen LogP contribution in [0.4, 0.5) is 9.59 Å². The largest absolute Gasteiger partial charge is 0.351 e. The van der Waals surface area contributed by atoms with E-state index in [1.165, 1.54) is 11.9 Å². The Kier molecular flexibility index (Phi) is 4.44. The average Bonchev–Trinajstić information content (AvgIpc) is 1.82. The normalized spacial score (nSPS) is 9.36. The molecule has 0 atom stereocenters. The third-order valence-electron chi connectivity index (χ3n) is 0.624. The van der Waals surface area contributed by atoms with Gasteiger partial charge >= 0.3 is 12.1 Å². The molecule has 6 heteroatoms. The standard InChI is InChI=1S/C5H11N3O2S/c1-3(2)11-8-5(10)7-4(6)9/h3H,1-2H3,(H4,6,7,8,9,10). The molecule has 0 aromatic heterocycles. The van der Waals surface area contributed by atoms with Crippen LogP contribution in [0.5, 0.6) is 0 Å². The summed E-state index contributed by atoms with van der Waals surface area (Å²) < 4.78 is 2.38. The van der Waals surface area contributed by atoms with Crippen molar-refractivity contribution in [3.05, 3.63) is 0 Å². The number of primary amides is 1. The van der Waals surface area contributed by atoms with Crippen molar-refractivity contribution in [1.29, 1.82) is 0 Å². The van der Waals surface area contributed by atoms with Gasteiger partial charge in [0.05, 0.1) is 0 Å². The van der Waals surface area contributed by atoms with Gasteiger partial charge in [-0.05, 0) is 11.9 Å². The van der Waals surface area contributed by atoms with E-state index in [0.29, 0.717) is 0 Å². The lowest BCUT2D eigenvalue weighted by Crippen LogP contribution is -2.40. The van der Waals surface area contributed by atoms with Crippen molar-refractivity contribution < 1.29 is 9.59 Å². The minimum absolute atomic E-state index is 0.272. The number of nitrogens with two attached hydrogens (primary N) is 1. The molecule has 0 aromatic rings. The van der Waals surface area contributed by atoms with Gasteiger partial charge in [-0.25, -0.2) is 9.59 Å². The Morgan fingerprint density at radius 1 is 1.45 bits per heavy atom. The second-order valence-corrected chi connectivity index (χ2v) is 3.47. The van der Waals surface area contributed by atoms with Crippen LogP contribution in [0.3, 0.4) is 0 Å². The molecule has 4 N–H and O–H groups in total. The molecule has 0 heterocycles. The lowest BCUT2D eigenvalue weighted by molar-refractivity contribution is 0.235. The van der Waals surface area contributed by atoms with E-state index in [2.05, 4.69) is 10.5 Å². The second-order valence-electron chi connectivity index (χ2n) is 2.09. The van der Waals surface area contributed by atoms with Gasteiger partial charge in [-0.2, -0.15) is 0 Å². The van der Waals surface area contributed by atoms with Gasteiger partial charge in [-0.1, -0.05) is 13.8 Å². The van der Waals surface area contributed by atoms with Gasteiger partial charge in [-0.15, -0.1) is 0 Å². The molecule has 0 aliphatic rings. The number of nitrogens with one attached hydrogen (secondary N) is 2. The van der Waals surface area contributed by atoms with Gasteiger partial charge in [0.25, 0.3) is 0 Å². The summed E-state index contributed by atoms with van der Waals surface area (Å²) in [7, 11) is 0. The van der Waals surface area contributed by atoms with Crippen LogP contribution in [0.25, 0.3) is 0 Å². The number of rotatable bonds is 2. The van der Waals surface area contributed by atoms with Crippen molar-refractivity contribution in [2.24, 2.45) is 5.73 Å². The van der Waals surface area contributed by atoms with Crippen molar-refractivity contribution in [2.45, 2.75) is 19.1 Å². The highest BCUT2D eigenvalue weighted by molar-refractivity contribution is 7.98. The maximum Gasteiger partial charge on any atom is 0.332 e. The van der Waals surface area contributed by atoms with Crippen LogP contribution in [0.2, 0.25) is 0 Å². The molecule has 0 spiro atoms. The molecule has 0 bridgehead atoms. The Hall–Kier alpha value is -0.910. The van der Waals surface area contributed by atoms with Crippen LogP contribution < -0.4 is 15.8 Å². The van der Waals surface area contributed by atoms with Crippen LogP contribution in [-0.4, -0.2) is 17.3 Å². The number of amides is 4. The van der Waals surface area contributed by atoms with Crippen molar-refractivity contribution >= 4 is 24.0 Å². The lowest BCUT2D eigenvalue weighted by atomic mass is 10.6. The molecule has 0 aliphatic heterocycles. The van der Waals surface area contributed by atoms with E-state index in [0.717, 1.165) is 0 Å². The SMILES string of the molecule is CC(C)SNC(=O)NC(N)=O. The summed E-state index contributed by atoms with van der Waals surface area (Å²) in [6.45, 7) is 3.82. The maximum atomic E-state index is 10.6. The molecule has 0 aromatic carbocycles. The van der Waals surface area contributed by atoms with E-state index in [-0.39, 0.29) is 5.25 Å². The van der Waals surface area contributed by atoms with E-state index < -0.39 is 12.1 Å². The quantitative estimate of drug-likeness (QED) is 0.534. The molecule has 0 saturated heterocycles. The Labute approximate surface area is 69.2 Å². The molecule has 64 valence electrons. The monoisotopic (exact) mass is 177 g/mol. The van der Waals surface area contributed by atoms with Crippen molar-refractivity contribution in [2.75, 3.05) is 0 Å². The summed E-state index contributed by atoms with van der Waals surface area (Å²) in [6, 6.07) is -1.44. The van der Waals surface area contributed by atoms with E-state index in [9.17, 15) is 9.59 Å². The first kappa shape index (κ1) is 10.1. The van der Waals surface area contributed by atoms with Gasteiger partial charge < -0.3 is 5.73 Å². The van der Waals surface area contributed by atoms with E-state index in [1.807, 2.05) is 19.2 Å². The van der Waals surface area contributed by atoms with Crippen molar-refractivity contribution in [3.63, 3.8) is 0 Å². The molecule has 0 radical (unpaired) electrons. The number of hydrogen-bond donors (Lipinski definition) is 3. The fourth-order valence-electron chi connectivity index (χ4n) is 0.309. The van der Waals surface area contributed by atoms with Crippen molar-refractivity contribution in [3.8, 4) is 0 Å². The summed E-state index contributed by atoms with van der Waals surface area (Å²) in [5.74, 6) is 0. The van der Waals surface area contributed by atoms with Crippen LogP contribution in [-0.2, 0) is 0 Å². The fourth-order valence-corrected chi connectivity index (χ4v) is 0.703. The Morgan fingerprint density at radius 2 is 2.00 bits per heavy atom. The zero-order valence-corrected chi connectivity index (χ0v) is 7.20. The van der Waals surface area contributed by atoms with E-state index in [1.54, 1.807) is 0 Å². The Bertz CT molecular complexity index is 160. The number of carbonyl (C=O) groups is 2. The van der Waals surface area contributed by atoms with Crippen LogP contribution in [0.15, 0.2) is 0 Å². The molecule has 0 fully saturated rings. The first-order valence-corrected chi connectivity index (χ1v) is 3.92. The predicted octanol–water partition coefficient (Wildman–Crippen LogP) is 0.421. The minimum atomic E-state index is -0.855. The van der Waals surface area contributed by atoms with Gasteiger partial charge in [0.2, 0.25) is 0 Å². The highest BCUT2D eigenvalue weighted by Gasteiger charge is 2.03. The molecule has 0 saturated carbocycles. The van der Waals surface area contributed by atoms with Gasteiger partial charge in [0.15, 0.2) is 0 Å². The summed E-state index contributed by atoms with van der Waals surface area (Å²) >= 11 is 1.21. The maximum absolute atomic E-state index is 10.6. The topological polar surface area (TPSA) is 84.2 Å². The zero-order valence-electron chi connectivity index (χ0n) is 6.38. The number of urea groups is 2. The summed E-state index contributed by atoms with van der Waals surface area (Å²) in [5, 5.41) is 2.14. The van der Waals surface area contributed by atoms with Gasteiger partial charge in [0.1, 0.15) is 0 Å². The highest BCUT2D eigenvalue weighted by Crippen LogP contribution is 2.01. The predicted molar refractivity (Wildman–Crippen MR) is 44.0 cm³/mol. The van der Waals surface area contributed by atoms with E-state index >= 15 is 0 Å². The Balaban J connectivity index is 3.46. The fraction of sp³-hybridized carbons (Fsp3) is 0.600. The smallest absolute Gasteiger partial charge is 0.332 e. The summed E-state index contributed by atoms with van der Waals surface area (Å²) in [4.78, 5) is 20.7. The second kappa shape index (κ2) is 4.84. The molecule has 4 amide bonds. The molecule has 5 nitrogen and oxygen atoms in total. The van der Waals surface area contributed by atoms with Crippen LogP contribution in [0, 0.1) is 0 Å². The summed E-state index contributed by atoms with van der Waals surface area (Å²) in [5.41, 5.74) is 4.68.